The molecule has 1 aliphatic heterocycles. The molecule has 0 saturated carbocycles. The van der Waals surface area contributed by atoms with Gasteiger partial charge in [-0.3, -0.25) is 0 Å². The van der Waals surface area contributed by atoms with Crippen LogP contribution in [-0.2, 0) is 0 Å². The van der Waals surface area contributed by atoms with E-state index in [2.05, 4.69) is 40.1 Å². The number of anilines is 1. The average molecular weight is 230 g/mol. The summed E-state index contributed by atoms with van der Waals surface area (Å²) in [5, 5.41) is 3.51. The van der Waals surface area contributed by atoms with Crippen LogP contribution in [0.5, 0.6) is 0 Å². The maximum atomic E-state index is 4.64. The number of H-pyrrole nitrogens is 1. The zero-order valence-corrected chi connectivity index (χ0v) is 10.3. The molecular formula is C13H18N4. The van der Waals surface area contributed by atoms with Gasteiger partial charge in [0.05, 0.1) is 11.0 Å². The van der Waals surface area contributed by atoms with E-state index in [9.17, 15) is 0 Å². The fourth-order valence-corrected chi connectivity index (χ4v) is 2.41. The van der Waals surface area contributed by atoms with Crippen LogP contribution in [0.1, 0.15) is 13.8 Å². The van der Waals surface area contributed by atoms with E-state index >= 15 is 0 Å². The van der Waals surface area contributed by atoms with Crippen molar-refractivity contribution in [3.63, 3.8) is 0 Å². The molecule has 17 heavy (non-hydrogen) atoms. The Kier molecular flexibility index (Phi) is 2.33. The molecule has 3 rings (SSSR count). The smallest absolute Gasteiger partial charge is 0.203 e. The molecule has 4 heteroatoms. The van der Waals surface area contributed by atoms with Crippen LogP contribution in [0.15, 0.2) is 24.3 Å². The number of rotatable bonds is 1. The van der Waals surface area contributed by atoms with Crippen LogP contribution in [0.2, 0.25) is 0 Å². The lowest BCUT2D eigenvalue weighted by Gasteiger charge is -2.38. The third kappa shape index (κ3) is 2.00. The maximum Gasteiger partial charge on any atom is 0.203 e. The largest absolute Gasteiger partial charge is 0.339 e. The van der Waals surface area contributed by atoms with Gasteiger partial charge >= 0.3 is 0 Å². The topological polar surface area (TPSA) is 44.0 Å². The van der Waals surface area contributed by atoms with Gasteiger partial charge in [0.25, 0.3) is 0 Å². The van der Waals surface area contributed by atoms with Gasteiger partial charge in [-0.25, -0.2) is 4.98 Å². The van der Waals surface area contributed by atoms with Crippen molar-refractivity contribution >= 4 is 17.0 Å². The van der Waals surface area contributed by atoms with E-state index in [0.29, 0.717) is 0 Å². The number of fused-ring (bicyclic) bond motifs is 1. The average Bonchev–Trinajstić information content (AvgIpc) is 2.71. The summed E-state index contributed by atoms with van der Waals surface area (Å²) in [6.45, 7) is 7.43. The van der Waals surface area contributed by atoms with Gasteiger partial charge in [0.15, 0.2) is 0 Å². The minimum absolute atomic E-state index is 0.150. The monoisotopic (exact) mass is 230 g/mol. The van der Waals surface area contributed by atoms with Crippen molar-refractivity contribution in [2.75, 3.05) is 24.5 Å². The minimum Gasteiger partial charge on any atom is -0.339 e. The van der Waals surface area contributed by atoms with E-state index in [4.69, 9.17) is 0 Å². The van der Waals surface area contributed by atoms with Crippen LogP contribution in [0, 0.1) is 0 Å². The molecule has 1 aromatic carbocycles. The van der Waals surface area contributed by atoms with Gasteiger partial charge in [-0.15, -0.1) is 0 Å². The van der Waals surface area contributed by atoms with Gasteiger partial charge in [0.1, 0.15) is 0 Å². The van der Waals surface area contributed by atoms with Crippen molar-refractivity contribution in [1.29, 1.82) is 0 Å². The molecule has 2 heterocycles. The maximum absolute atomic E-state index is 4.64. The highest BCUT2D eigenvalue weighted by atomic mass is 15.3. The van der Waals surface area contributed by atoms with Gasteiger partial charge < -0.3 is 15.2 Å². The van der Waals surface area contributed by atoms with Gasteiger partial charge in [-0.05, 0) is 26.0 Å². The summed E-state index contributed by atoms with van der Waals surface area (Å²) >= 11 is 0. The number of benzene rings is 1. The van der Waals surface area contributed by atoms with E-state index in [1.54, 1.807) is 0 Å². The highest BCUT2D eigenvalue weighted by Crippen LogP contribution is 2.20. The predicted molar refractivity (Wildman–Crippen MR) is 70.4 cm³/mol. The minimum atomic E-state index is 0.150. The number of aromatic nitrogens is 2. The van der Waals surface area contributed by atoms with Crippen molar-refractivity contribution in [2.45, 2.75) is 19.4 Å². The molecule has 0 amide bonds. The van der Waals surface area contributed by atoms with Crippen molar-refractivity contribution in [2.24, 2.45) is 0 Å². The molecule has 1 fully saturated rings. The Hall–Kier alpha value is -1.55. The Morgan fingerprint density at radius 3 is 2.88 bits per heavy atom. The number of aromatic amines is 1. The zero-order chi connectivity index (χ0) is 11.9. The molecule has 1 aliphatic rings. The number of hydrogen-bond acceptors (Lipinski definition) is 3. The van der Waals surface area contributed by atoms with Gasteiger partial charge in [-0.1, -0.05) is 12.1 Å². The molecule has 0 unspecified atom stereocenters. The van der Waals surface area contributed by atoms with Crippen LogP contribution in [0.3, 0.4) is 0 Å². The predicted octanol–water partition coefficient (Wildman–Crippen LogP) is 1.75. The first kappa shape index (κ1) is 10.6. The van der Waals surface area contributed by atoms with Crippen LogP contribution < -0.4 is 10.2 Å². The molecule has 90 valence electrons. The summed E-state index contributed by atoms with van der Waals surface area (Å²) in [6.07, 6.45) is 0. The van der Waals surface area contributed by atoms with E-state index in [1.165, 1.54) is 0 Å². The molecule has 2 N–H and O–H groups in total. The second-order valence-electron chi connectivity index (χ2n) is 5.31. The number of piperazine rings is 1. The van der Waals surface area contributed by atoms with Gasteiger partial charge in [0, 0.05) is 25.2 Å². The normalized spacial score (nSPS) is 19.8. The molecule has 0 spiro atoms. The number of nitrogens with one attached hydrogen (secondary N) is 2. The molecular weight excluding hydrogens is 212 g/mol. The molecule has 1 aromatic heterocycles. The standard InChI is InChI=1S/C13H18N4/c1-13(2)9-17(8-7-14-13)12-15-10-5-3-4-6-11(10)16-12/h3-6,14H,7-9H2,1-2H3,(H,15,16). The van der Waals surface area contributed by atoms with Crippen molar-refractivity contribution in [3.05, 3.63) is 24.3 Å². The quantitative estimate of drug-likeness (QED) is 0.784. The highest BCUT2D eigenvalue weighted by Gasteiger charge is 2.27. The molecule has 4 nitrogen and oxygen atoms in total. The molecule has 0 radical (unpaired) electrons. The summed E-state index contributed by atoms with van der Waals surface area (Å²) in [5.41, 5.74) is 2.30. The van der Waals surface area contributed by atoms with Crippen LogP contribution in [-0.4, -0.2) is 35.1 Å². The molecule has 1 saturated heterocycles. The Morgan fingerprint density at radius 2 is 2.12 bits per heavy atom. The lowest BCUT2D eigenvalue weighted by atomic mass is 10.0. The number of imidazole rings is 1. The molecule has 0 bridgehead atoms. The number of hydrogen-bond donors (Lipinski definition) is 2. The van der Waals surface area contributed by atoms with Crippen LogP contribution >= 0.6 is 0 Å². The first-order chi connectivity index (χ1) is 8.14. The van der Waals surface area contributed by atoms with E-state index < -0.39 is 0 Å². The Balaban J connectivity index is 1.93. The summed E-state index contributed by atoms with van der Waals surface area (Å²) < 4.78 is 0. The van der Waals surface area contributed by atoms with Crippen molar-refractivity contribution in [3.8, 4) is 0 Å². The van der Waals surface area contributed by atoms with E-state index in [-0.39, 0.29) is 5.54 Å². The third-order valence-corrected chi connectivity index (χ3v) is 3.25. The van der Waals surface area contributed by atoms with Crippen molar-refractivity contribution in [1.82, 2.24) is 15.3 Å². The van der Waals surface area contributed by atoms with Gasteiger partial charge in [0.2, 0.25) is 5.95 Å². The molecule has 0 aliphatic carbocycles. The van der Waals surface area contributed by atoms with Crippen LogP contribution in [0.4, 0.5) is 5.95 Å². The second-order valence-corrected chi connectivity index (χ2v) is 5.31. The zero-order valence-electron chi connectivity index (χ0n) is 10.3. The fourth-order valence-electron chi connectivity index (χ4n) is 2.41. The first-order valence-corrected chi connectivity index (χ1v) is 6.09. The number of nitrogens with zero attached hydrogens (tertiary/aromatic N) is 2. The first-order valence-electron chi connectivity index (χ1n) is 6.09. The molecule has 2 aromatic rings. The summed E-state index contributed by atoms with van der Waals surface area (Å²) in [5.74, 6) is 0.987. The SMILES string of the molecule is CC1(C)CN(c2nc3ccccc3[nH]2)CCN1. The lowest BCUT2D eigenvalue weighted by Crippen LogP contribution is -2.57. The Morgan fingerprint density at radius 1 is 1.29 bits per heavy atom. The van der Waals surface area contributed by atoms with Gasteiger partial charge in [-0.2, -0.15) is 0 Å². The molecule has 0 atom stereocenters. The highest BCUT2D eigenvalue weighted by molar-refractivity contribution is 5.77. The van der Waals surface area contributed by atoms with E-state index in [0.717, 1.165) is 36.6 Å². The van der Waals surface area contributed by atoms with Crippen LogP contribution in [0.25, 0.3) is 11.0 Å². The Labute approximate surface area is 101 Å². The lowest BCUT2D eigenvalue weighted by molar-refractivity contribution is 0.351. The fraction of sp³-hybridized carbons (Fsp3) is 0.462. The summed E-state index contributed by atoms with van der Waals surface area (Å²) in [7, 11) is 0. The van der Waals surface area contributed by atoms with Crippen molar-refractivity contribution < 1.29 is 0 Å². The van der Waals surface area contributed by atoms with E-state index in [1.807, 2.05) is 18.2 Å². The summed E-state index contributed by atoms with van der Waals surface area (Å²) in [4.78, 5) is 10.4. The summed E-state index contributed by atoms with van der Waals surface area (Å²) in [6, 6.07) is 8.17. The Bertz CT molecular complexity index is 496. The second kappa shape index (κ2) is 3.74. The third-order valence-electron chi connectivity index (χ3n) is 3.25. The number of para-hydroxylation sites is 2.